The molecule has 1 amide bonds. The second-order valence-corrected chi connectivity index (χ2v) is 6.55. The van der Waals surface area contributed by atoms with Gasteiger partial charge < -0.3 is 10.1 Å². The van der Waals surface area contributed by atoms with E-state index in [2.05, 4.69) is 31.0 Å². The van der Waals surface area contributed by atoms with E-state index in [0.717, 1.165) is 37.3 Å². The van der Waals surface area contributed by atoms with Gasteiger partial charge in [-0.05, 0) is 31.4 Å². The molecule has 27 heavy (non-hydrogen) atoms. The minimum atomic E-state index is -0.508. The highest BCUT2D eigenvalue weighted by molar-refractivity contribution is 5.92. The zero-order chi connectivity index (χ0) is 18.6. The van der Waals surface area contributed by atoms with Gasteiger partial charge in [-0.25, -0.2) is 0 Å². The van der Waals surface area contributed by atoms with Crippen molar-refractivity contribution in [3.8, 4) is 0 Å². The molecule has 4 rings (SSSR count). The first-order valence-corrected chi connectivity index (χ1v) is 8.95. The largest absolute Gasteiger partial charge is 0.381 e. The van der Waals surface area contributed by atoms with Gasteiger partial charge in [-0.15, -0.1) is 10.2 Å². The maximum atomic E-state index is 12.9. The van der Waals surface area contributed by atoms with Crippen molar-refractivity contribution in [3.05, 3.63) is 59.2 Å². The van der Waals surface area contributed by atoms with E-state index in [1.165, 1.54) is 0 Å². The van der Waals surface area contributed by atoms with Crippen molar-refractivity contribution in [2.75, 3.05) is 13.2 Å². The number of rotatable bonds is 5. The number of hydrogen-bond donors (Lipinski definition) is 2. The molecule has 1 aliphatic heterocycles. The quantitative estimate of drug-likeness (QED) is 0.708. The summed E-state index contributed by atoms with van der Waals surface area (Å²) in [7, 11) is 0. The lowest BCUT2D eigenvalue weighted by Crippen LogP contribution is -2.30. The molecule has 0 aliphatic carbocycles. The summed E-state index contributed by atoms with van der Waals surface area (Å²) in [4.78, 5) is 12.9. The maximum absolute atomic E-state index is 12.9. The zero-order valence-electron chi connectivity index (χ0n) is 15.0. The van der Waals surface area contributed by atoms with Crippen LogP contribution in [0.2, 0.25) is 0 Å². The molecule has 0 spiro atoms. The molecule has 1 atom stereocenters. The fourth-order valence-electron chi connectivity index (χ4n) is 3.34. The molecule has 3 heterocycles. The summed E-state index contributed by atoms with van der Waals surface area (Å²) >= 11 is 0. The third-order valence-corrected chi connectivity index (χ3v) is 4.72. The Bertz CT molecular complexity index is 886. The Labute approximate surface area is 156 Å². The minimum absolute atomic E-state index is 0.266. The van der Waals surface area contributed by atoms with Gasteiger partial charge in [-0.2, -0.15) is 10.3 Å². The smallest absolute Gasteiger partial charge is 0.272 e. The summed E-state index contributed by atoms with van der Waals surface area (Å²) in [6.45, 7) is 3.41. The Morgan fingerprint density at radius 1 is 1.30 bits per heavy atom. The van der Waals surface area contributed by atoms with Crippen LogP contribution in [0.15, 0.2) is 36.4 Å². The van der Waals surface area contributed by atoms with Crippen molar-refractivity contribution in [3.63, 3.8) is 0 Å². The number of nitrogens with one attached hydrogen (secondary N) is 2. The second kappa shape index (κ2) is 7.67. The summed E-state index contributed by atoms with van der Waals surface area (Å²) in [6, 6.07) is 11.1. The first-order chi connectivity index (χ1) is 13.2. The van der Waals surface area contributed by atoms with Gasteiger partial charge in [0.05, 0.1) is 6.04 Å². The molecular weight excluding hydrogens is 346 g/mol. The Morgan fingerprint density at radius 2 is 2.07 bits per heavy atom. The highest BCUT2D eigenvalue weighted by Gasteiger charge is 2.25. The minimum Gasteiger partial charge on any atom is -0.381 e. The molecule has 9 heteroatoms. The molecule has 2 aromatic heterocycles. The van der Waals surface area contributed by atoms with E-state index in [9.17, 15) is 4.79 Å². The monoisotopic (exact) mass is 367 g/mol. The van der Waals surface area contributed by atoms with Gasteiger partial charge in [0.2, 0.25) is 5.82 Å². The van der Waals surface area contributed by atoms with Crippen LogP contribution in [0.1, 0.15) is 52.5 Å². The third-order valence-electron chi connectivity index (χ3n) is 4.72. The highest BCUT2D eigenvalue weighted by atomic mass is 16.5. The Balaban J connectivity index is 1.56. The summed E-state index contributed by atoms with van der Waals surface area (Å²) in [5, 5.41) is 21.6. The molecule has 0 bridgehead atoms. The van der Waals surface area contributed by atoms with Gasteiger partial charge in [-0.1, -0.05) is 35.5 Å². The van der Waals surface area contributed by atoms with Crippen LogP contribution in [0, 0.1) is 6.92 Å². The van der Waals surface area contributed by atoms with Crippen LogP contribution in [0.5, 0.6) is 0 Å². The topological polar surface area (TPSA) is 111 Å². The van der Waals surface area contributed by atoms with Crippen LogP contribution in [-0.4, -0.2) is 49.5 Å². The summed E-state index contributed by atoms with van der Waals surface area (Å²) < 4.78 is 7.35. The number of aryl methyl sites for hydroxylation is 1. The number of aromatic amines is 1. The number of H-pyrrole nitrogens is 1. The van der Waals surface area contributed by atoms with Crippen molar-refractivity contribution in [1.29, 1.82) is 0 Å². The predicted molar refractivity (Wildman–Crippen MR) is 96.0 cm³/mol. The van der Waals surface area contributed by atoms with E-state index in [1.54, 1.807) is 0 Å². The van der Waals surface area contributed by atoms with Gasteiger partial charge in [0, 0.05) is 18.9 Å². The molecular formula is C18H21N7O2. The van der Waals surface area contributed by atoms with E-state index in [0.29, 0.717) is 11.5 Å². The number of hydrogen-bond acceptors (Lipinski definition) is 6. The molecule has 3 aromatic rings. The summed E-state index contributed by atoms with van der Waals surface area (Å²) in [6.07, 6.45) is 1.80. The predicted octanol–water partition coefficient (Wildman–Crippen LogP) is 1.58. The van der Waals surface area contributed by atoms with Gasteiger partial charge in [0.25, 0.3) is 5.91 Å². The highest BCUT2D eigenvalue weighted by Crippen LogP contribution is 2.23. The lowest BCUT2D eigenvalue weighted by atomic mass is 10.1. The fourth-order valence-corrected chi connectivity index (χ4v) is 3.34. The normalized spacial score (nSPS) is 16.2. The maximum Gasteiger partial charge on any atom is 0.272 e. The van der Waals surface area contributed by atoms with Crippen LogP contribution >= 0.6 is 0 Å². The molecule has 2 N–H and O–H groups in total. The van der Waals surface area contributed by atoms with Crippen LogP contribution in [0.4, 0.5) is 0 Å². The first kappa shape index (κ1) is 17.3. The van der Waals surface area contributed by atoms with Crippen molar-refractivity contribution in [2.24, 2.45) is 0 Å². The lowest BCUT2D eigenvalue weighted by molar-refractivity contribution is 0.0654. The number of benzene rings is 1. The fraction of sp³-hybridized carbons (Fsp3) is 0.389. The molecule has 0 radical (unpaired) electrons. The van der Waals surface area contributed by atoms with Crippen LogP contribution in [0.3, 0.4) is 0 Å². The number of carbonyl (C=O) groups excluding carboxylic acids is 1. The third kappa shape index (κ3) is 3.72. The summed E-state index contributed by atoms with van der Waals surface area (Å²) in [5.41, 5.74) is 2.21. The van der Waals surface area contributed by atoms with Crippen molar-refractivity contribution in [1.82, 2.24) is 35.7 Å². The van der Waals surface area contributed by atoms with Gasteiger partial charge in [0.1, 0.15) is 11.7 Å². The van der Waals surface area contributed by atoms with Gasteiger partial charge in [-0.3, -0.25) is 9.48 Å². The number of amides is 1. The van der Waals surface area contributed by atoms with Crippen LogP contribution in [-0.2, 0) is 4.74 Å². The molecule has 1 aromatic carbocycles. The molecule has 9 nitrogen and oxygen atoms in total. The number of aromatic nitrogens is 6. The number of ether oxygens (including phenoxy) is 1. The molecule has 1 unspecified atom stereocenters. The first-order valence-electron chi connectivity index (χ1n) is 8.95. The number of carbonyl (C=O) groups is 1. The summed E-state index contributed by atoms with van der Waals surface area (Å²) in [5.74, 6) is 0.123. The molecule has 1 fully saturated rings. The number of tetrazole rings is 1. The Hall–Kier alpha value is -3.07. The Kier molecular flexibility index (Phi) is 4.93. The molecule has 1 aliphatic rings. The van der Waals surface area contributed by atoms with E-state index < -0.39 is 6.04 Å². The van der Waals surface area contributed by atoms with Crippen molar-refractivity contribution in [2.45, 2.75) is 31.8 Å². The average Bonchev–Trinajstić information content (AvgIpc) is 3.37. The molecule has 140 valence electrons. The second-order valence-electron chi connectivity index (χ2n) is 6.55. The van der Waals surface area contributed by atoms with E-state index >= 15 is 0 Å². The average molecular weight is 367 g/mol. The van der Waals surface area contributed by atoms with E-state index in [4.69, 9.17) is 4.74 Å². The number of nitrogens with zero attached hydrogens (tertiary/aromatic N) is 5. The standard InChI is InChI=1S/C18H21N7O2/c1-12-11-15(22-25(12)14-7-9-27-10-8-14)18(26)19-16(17-20-23-24-21-17)13-5-3-2-4-6-13/h2-6,11,14,16H,7-10H2,1H3,(H,19,26)(H,20,21,23,24). The van der Waals surface area contributed by atoms with Crippen molar-refractivity contribution >= 4 is 5.91 Å². The SMILES string of the molecule is Cc1cc(C(=O)NC(c2ccccc2)c2nn[nH]n2)nn1C1CCOCC1. The van der Waals surface area contributed by atoms with Gasteiger partial charge >= 0.3 is 0 Å². The van der Waals surface area contributed by atoms with Crippen LogP contribution in [0.25, 0.3) is 0 Å². The van der Waals surface area contributed by atoms with Gasteiger partial charge in [0.15, 0.2) is 0 Å². The molecule has 1 saturated heterocycles. The molecule has 0 saturated carbocycles. The van der Waals surface area contributed by atoms with E-state index in [-0.39, 0.29) is 11.9 Å². The Morgan fingerprint density at radius 3 is 2.78 bits per heavy atom. The van der Waals surface area contributed by atoms with Crippen LogP contribution < -0.4 is 5.32 Å². The zero-order valence-corrected chi connectivity index (χ0v) is 15.0. The van der Waals surface area contributed by atoms with Crippen molar-refractivity contribution < 1.29 is 9.53 Å². The lowest BCUT2D eigenvalue weighted by Gasteiger charge is -2.23. The van der Waals surface area contributed by atoms with E-state index in [1.807, 2.05) is 48.0 Å².